The molecule has 4 atom stereocenters. The van der Waals surface area contributed by atoms with Crippen molar-refractivity contribution in [3.63, 3.8) is 0 Å². The first-order valence-corrected chi connectivity index (χ1v) is 11.9. The third-order valence-electron chi connectivity index (χ3n) is 6.57. The van der Waals surface area contributed by atoms with Gasteiger partial charge < -0.3 is 30.1 Å². The van der Waals surface area contributed by atoms with E-state index in [0.29, 0.717) is 11.1 Å². The third kappa shape index (κ3) is 6.56. The van der Waals surface area contributed by atoms with Crippen molar-refractivity contribution < 1.29 is 38.8 Å². The van der Waals surface area contributed by atoms with Crippen LogP contribution in [0, 0.1) is 26.1 Å². The van der Waals surface area contributed by atoms with Crippen molar-refractivity contribution in [2.24, 2.45) is 5.92 Å². The highest BCUT2D eigenvalue weighted by atomic mass is 16.6. The number of alkyl carbamates (subject to hydrolysis) is 1. The molecular formula is C24H25N5O10. The second-order valence-electron chi connectivity index (χ2n) is 9.12. The van der Waals surface area contributed by atoms with Crippen LogP contribution in [-0.2, 0) is 27.5 Å². The molecular weight excluding hydrogens is 518 g/mol. The number of amides is 3. The van der Waals surface area contributed by atoms with Crippen LogP contribution in [0.15, 0.2) is 48.5 Å². The van der Waals surface area contributed by atoms with Gasteiger partial charge in [-0.3, -0.25) is 25.0 Å². The van der Waals surface area contributed by atoms with Crippen LogP contribution in [0.2, 0.25) is 0 Å². The van der Waals surface area contributed by atoms with E-state index in [-0.39, 0.29) is 44.1 Å². The van der Waals surface area contributed by atoms with Crippen LogP contribution in [0.25, 0.3) is 0 Å². The molecule has 2 aromatic rings. The Morgan fingerprint density at radius 2 is 1.51 bits per heavy atom. The number of nitrogens with zero attached hydrogens (tertiary/aromatic N) is 3. The molecule has 3 amide bonds. The molecule has 2 heterocycles. The van der Waals surface area contributed by atoms with E-state index in [0.717, 1.165) is 0 Å². The van der Waals surface area contributed by atoms with Gasteiger partial charge in [0.15, 0.2) is 0 Å². The minimum atomic E-state index is -1.05. The van der Waals surface area contributed by atoms with E-state index in [1.54, 1.807) is 0 Å². The van der Waals surface area contributed by atoms with E-state index >= 15 is 0 Å². The molecule has 2 aromatic carbocycles. The number of nitro groups is 2. The molecule has 15 heteroatoms. The fourth-order valence-corrected chi connectivity index (χ4v) is 4.60. The van der Waals surface area contributed by atoms with Crippen LogP contribution in [0.1, 0.15) is 17.5 Å². The molecule has 0 bridgehead atoms. The first-order chi connectivity index (χ1) is 18.6. The van der Waals surface area contributed by atoms with E-state index in [1.165, 1.54) is 53.4 Å². The lowest BCUT2D eigenvalue weighted by Crippen LogP contribution is -2.50. The van der Waals surface area contributed by atoms with Crippen molar-refractivity contribution >= 4 is 29.5 Å². The van der Waals surface area contributed by atoms with Crippen LogP contribution in [0.5, 0.6) is 0 Å². The molecule has 3 N–H and O–H groups in total. The van der Waals surface area contributed by atoms with Gasteiger partial charge in [0.1, 0.15) is 19.3 Å². The Labute approximate surface area is 221 Å². The molecule has 0 aromatic heterocycles. The second kappa shape index (κ2) is 11.7. The molecule has 4 rings (SSSR count). The molecule has 0 aliphatic carbocycles. The zero-order valence-electron chi connectivity index (χ0n) is 20.4. The number of β-amino-alcohol motifs (C(OH)–C–C–N with tert-alkyl or cyclic N) is 1. The van der Waals surface area contributed by atoms with Crippen LogP contribution < -0.4 is 10.6 Å². The second-order valence-corrected chi connectivity index (χ2v) is 9.12. The number of nitrogens with one attached hydrogen (secondary N) is 2. The predicted octanol–water partition coefficient (Wildman–Crippen LogP) is 1.62. The summed E-state index contributed by atoms with van der Waals surface area (Å²) in [7, 11) is 0. The Hall–Kier alpha value is -4.79. The smallest absolute Gasteiger partial charge is 0.410 e. The van der Waals surface area contributed by atoms with Crippen LogP contribution in [0.3, 0.4) is 0 Å². The average molecular weight is 543 g/mol. The first kappa shape index (κ1) is 27.3. The Bertz CT molecular complexity index is 1250. The van der Waals surface area contributed by atoms with E-state index in [4.69, 9.17) is 9.47 Å². The minimum absolute atomic E-state index is 0.0360. The van der Waals surface area contributed by atoms with Gasteiger partial charge in [0.25, 0.3) is 11.4 Å². The van der Waals surface area contributed by atoms with Gasteiger partial charge in [0, 0.05) is 42.8 Å². The fourth-order valence-electron chi connectivity index (χ4n) is 4.60. The van der Waals surface area contributed by atoms with Crippen molar-refractivity contribution in [3.05, 3.63) is 79.9 Å². The molecule has 15 nitrogen and oxygen atoms in total. The summed E-state index contributed by atoms with van der Waals surface area (Å²) in [5.74, 6) is -1.07. The van der Waals surface area contributed by atoms with Gasteiger partial charge in [-0.2, -0.15) is 0 Å². The van der Waals surface area contributed by atoms with Gasteiger partial charge in [-0.15, -0.1) is 0 Å². The van der Waals surface area contributed by atoms with Crippen LogP contribution >= 0.6 is 0 Å². The van der Waals surface area contributed by atoms with Crippen LogP contribution in [-0.4, -0.2) is 69.2 Å². The first-order valence-electron chi connectivity index (χ1n) is 11.9. The zero-order valence-corrected chi connectivity index (χ0v) is 20.4. The van der Waals surface area contributed by atoms with Gasteiger partial charge in [0.05, 0.1) is 22.5 Å². The highest BCUT2D eigenvalue weighted by Gasteiger charge is 2.48. The summed E-state index contributed by atoms with van der Waals surface area (Å²) in [5, 5.41) is 37.0. The highest BCUT2D eigenvalue weighted by Crippen LogP contribution is 2.30. The lowest BCUT2D eigenvalue weighted by atomic mass is 9.92. The number of non-ortho nitro benzene ring substituents is 2. The number of carbonyl (C=O) groups excluding carboxylic acids is 3. The van der Waals surface area contributed by atoms with Gasteiger partial charge >= 0.3 is 12.2 Å². The van der Waals surface area contributed by atoms with Crippen molar-refractivity contribution in [1.82, 2.24) is 15.5 Å². The maximum atomic E-state index is 12.9. The molecule has 206 valence electrons. The number of aliphatic hydroxyl groups is 1. The number of hydrogen-bond donors (Lipinski definition) is 3. The number of rotatable bonds is 8. The monoisotopic (exact) mass is 543 g/mol. The van der Waals surface area contributed by atoms with Crippen molar-refractivity contribution in [2.45, 2.75) is 37.8 Å². The summed E-state index contributed by atoms with van der Waals surface area (Å²) in [4.78, 5) is 59.6. The molecule has 0 spiro atoms. The lowest BCUT2D eigenvalue weighted by molar-refractivity contribution is -0.385. The summed E-state index contributed by atoms with van der Waals surface area (Å²) in [5.41, 5.74) is 0.821. The van der Waals surface area contributed by atoms with Crippen molar-refractivity contribution in [1.29, 1.82) is 0 Å². The predicted molar refractivity (Wildman–Crippen MR) is 131 cm³/mol. The molecule has 2 aliphatic heterocycles. The maximum absolute atomic E-state index is 12.9. The van der Waals surface area contributed by atoms with Gasteiger partial charge in [-0.05, 0) is 41.8 Å². The van der Waals surface area contributed by atoms with Crippen LogP contribution in [0.4, 0.5) is 21.0 Å². The lowest BCUT2D eigenvalue weighted by Gasteiger charge is -2.30. The van der Waals surface area contributed by atoms with E-state index < -0.39 is 52.0 Å². The molecule has 39 heavy (non-hydrogen) atoms. The molecule has 2 saturated heterocycles. The molecule has 0 radical (unpaired) electrons. The standard InChI is InChI=1S/C24H25N5O10/c30-18-9-20(27(11-18)24(33)39-13-15-3-7-17(8-4-15)29(36)37)19-10-25-22(31)21(19)26-23(32)38-12-14-1-5-16(6-2-14)28(34)35/h1-8,18-21,30H,9-13H2,(H,25,31)(H,26,32)/t18-,19?,20+,21?/m1/s1. The van der Waals surface area contributed by atoms with Gasteiger partial charge in [0.2, 0.25) is 5.91 Å². The largest absolute Gasteiger partial charge is 0.445 e. The van der Waals surface area contributed by atoms with E-state index in [2.05, 4.69) is 10.6 Å². The number of nitro benzene ring substituents is 2. The maximum Gasteiger partial charge on any atom is 0.410 e. The van der Waals surface area contributed by atoms with Crippen molar-refractivity contribution in [2.75, 3.05) is 13.1 Å². The molecule has 2 fully saturated rings. The molecule has 2 aliphatic rings. The normalized spacial score (nSPS) is 22.2. The third-order valence-corrected chi connectivity index (χ3v) is 6.57. The molecule has 0 saturated carbocycles. The SMILES string of the molecule is O=C(NC1C(=O)NCC1[C@@H]1C[C@@H](O)CN1C(=O)OCc1ccc([N+](=O)[O-])cc1)OCc1ccc([N+](=O)[O-])cc1. The number of carbonyl (C=O) groups is 3. The quantitative estimate of drug-likeness (QED) is 0.324. The minimum Gasteiger partial charge on any atom is -0.445 e. The van der Waals surface area contributed by atoms with Gasteiger partial charge in [-0.25, -0.2) is 9.59 Å². The summed E-state index contributed by atoms with van der Waals surface area (Å²) >= 11 is 0. The summed E-state index contributed by atoms with van der Waals surface area (Å²) in [6.07, 6.45) is -2.35. The Kier molecular flexibility index (Phi) is 8.19. The van der Waals surface area contributed by atoms with E-state index in [9.17, 15) is 39.7 Å². The number of ether oxygens (including phenoxy) is 2. The number of hydrogen-bond acceptors (Lipinski definition) is 10. The summed E-state index contributed by atoms with van der Waals surface area (Å²) in [6.45, 7) is -0.248. The number of benzene rings is 2. The van der Waals surface area contributed by atoms with Gasteiger partial charge in [-0.1, -0.05) is 0 Å². The number of likely N-dealkylation sites (tertiary alicyclic amines) is 1. The fraction of sp³-hybridized carbons (Fsp3) is 0.375. The topological polar surface area (TPSA) is 203 Å². The average Bonchev–Trinajstić information content (AvgIpc) is 3.48. The summed E-state index contributed by atoms with van der Waals surface area (Å²) < 4.78 is 10.5. The number of aliphatic hydroxyl groups excluding tert-OH is 1. The summed E-state index contributed by atoms with van der Waals surface area (Å²) in [6, 6.07) is 9.25. The van der Waals surface area contributed by atoms with Crippen molar-refractivity contribution in [3.8, 4) is 0 Å². The zero-order chi connectivity index (χ0) is 28.1. The Morgan fingerprint density at radius 3 is 2.05 bits per heavy atom. The Balaban J connectivity index is 1.35. The van der Waals surface area contributed by atoms with E-state index in [1.807, 2.05) is 0 Å². The molecule has 2 unspecified atom stereocenters. The Morgan fingerprint density at radius 1 is 0.974 bits per heavy atom. The highest BCUT2D eigenvalue weighted by molar-refractivity contribution is 5.88.